The minimum Gasteiger partial charge on any atom is -0.391 e. The lowest BCUT2D eigenvalue weighted by Crippen LogP contribution is -2.39. The minimum atomic E-state index is -0.287. The summed E-state index contributed by atoms with van der Waals surface area (Å²) >= 11 is 3.44. The molecule has 5 rings (SSSR count). The number of thiophene rings is 2. The van der Waals surface area contributed by atoms with Crippen LogP contribution in [0.15, 0.2) is 22.9 Å². The van der Waals surface area contributed by atoms with E-state index >= 15 is 0 Å². The summed E-state index contributed by atoms with van der Waals surface area (Å²) in [6.45, 7) is 5.70. The molecule has 6 nitrogen and oxygen atoms in total. The molecule has 5 heterocycles. The third-order valence-corrected chi connectivity index (χ3v) is 7.19. The summed E-state index contributed by atoms with van der Waals surface area (Å²) < 4.78 is 5.47. The average molecular weight is 417 g/mol. The van der Waals surface area contributed by atoms with Crippen LogP contribution in [0.2, 0.25) is 0 Å². The Bertz CT molecular complexity index is 937. The SMILES string of the molecule is OC1CCCN(c2nc(CN3CCOCC3)nc3scc(-c4cccs4)c23)C1. The lowest BCUT2D eigenvalue weighted by Gasteiger charge is -2.32. The highest BCUT2D eigenvalue weighted by Crippen LogP contribution is 2.40. The van der Waals surface area contributed by atoms with E-state index in [0.717, 1.165) is 74.1 Å². The van der Waals surface area contributed by atoms with Crippen molar-refractivity contribution in [2.24, 2.45) is 0 Å². The number of anilines is 1. The molecule has 0 aliphatic carbocycles. The Hall–Kier alpha value is -1.58. The third kappa shape index (κ3) is 3.67. The van der Waals surface area contributed by atoms with E-state index in [-0.39, 0.29) is 6.10 Å². The second kappa shape index (κ2) is 8.04. The number of aromatic nitrogens is 2. The zero-order valence-corrected chi connectivity index (χ0v) is 17.3. The van der Waals surface area contributed by atoms with E-state index in [1.54, 1.807) is 22.7 Å². The number of hydrogen-bond donors (Lipinski definition) is 1. The van der Waals surface area contributed by atoms with Crippen molar-refractivity contribution in [2.45, 2.75) is 25.5 Å². The number of morpholine rings is 1. The second-order valence-corrected chi connectivity index (χ2v) is 9.21. The molecule has 0 bridgehead atoms. The van der Waals surface area contributed by atoms with Crippen LogP contribution in [0.25, 0.3) is 20.7 Å². The molecule has 148 valence electrons. The highest BCUT2D eigenvalue weighted by atomic mass is 32.1. The Kier molecular flexibility index (Phi) is 5.30. The van der Waals surface area contributed by atoms with E-state index in [1.165, 1.54) is 10.4 Å². The van der Waals surface area contributed by atoms with Crippen LogP contribution in [0.5, 0.6) is 0 Å². The van der Waals surface area contributed by atoms with Gasteiger partial charge >= 0.3 is 0 Å². The third-order valence-electron chi connectivity index (χ3n) is 5.41. The molecule has 3 aromatic rings. The molecule has 0 radical (unpaired) electrons. The molecule has 3 aromatic heterocycles. The van der Waals surface area contributed by atoms with Crippen molar-refractivity contribution in [3.8, 4) is 10.4 Å². The van der Waals surface area contributed by atoms with Crippen LogP contribution in [0, 0.1) is 0 Å². The van der Waals surface area contributed by atoms with Crippen molar-refractivity contribution in [2.75, 3.05) is 44.3 Å². The van der Waals surface area contributed by atoms with Gasteiger partial charge in [-0.05, 0) is 24.3 Å². The summed E-state index contributed by atoms with van der Waals surface area (Å²) in [6.07, 6.45) is 1.57. The summed E-state index contributed by atoms with van der Waals surface area (Å²) in [5.74, 6) is 1.85. The van der Waals surface area contributed by atoms with Crippen molar-refractivity contribution < 1.29 is 9.84 Å². The summed E-state index contributed by atoms with van der Waals surface area (Å²) in [7, 11) is 0. The van der Waals surface area contributed by atoms with Crippen LogP contribution < -0.4 is 4.90 Å². The number of nitrogens with zero attached hydrogens (tertiary/aromatic N) is 4. The molecule has 8 heteroatoms. The van der Waals surface area contributed by atoms with Gasteiger partial charge in [0.1, 0.15) is 16.5 Å². The molecular weight excluding hydrogens is 392 g/mol. The fourth-order valence-electron chi connectivity index (χ4n) is 3.99. The molecule has 0 aromatic carbocycles. The molecule has 1 atom stereocenters. The van der Waals surface area contributed by atoms with Gasteiger partial charge in [-0.2, -0.15) is 0 Å². The van der Waals surface area contributed by atoms with E-state index < -0.39 is 0 Å². The van der Waals surface area contributed by atoms with Gasteiger partial charge in [0.25, 0.3) is 0 Å². The molecular formula is C20H24N4O2S2. The topological polar surface area (TPSA) is 61.7 Å². The summed E-state index contributed by atoms with van der Waals surface area (Å²) in [6, 6.07) is 4.24. The molecule has 0 spiro atoms. The quantitative estimate of drug-likeness (QED) is 0.705. The van der Waals surface area contributed by atoms with Crippen molar-refractivity contribution in [3.05, 3.63) is 28.7 Å². The van der Waals surface area contributed by atoms with Crippen molar-refractivity contribution in [3.63, 3.8) is 0 Å². The van der Waals surface area contributed by atoms with Crippen LogP contribution in [-0.4, -0.2) is 65.5 Å². The van der Waals surface area contributed by atoms with Crippen molar-refractivity contribution in [1.82, 2.24) is 14.9 Å². The molecule has 2 fully saturated rings. The zero-order chi connectivity index (χ0) is 18.9. The standard InChI is InChI=1S/C20H24N4O2S2/c25-14-3-1-5-24(11-14)19-18-15(16-4-2-10-27-16)13-28-20(18)22-17(21-19)12-23-6-8-26-9-7-23/h2,4,10,13-14,25H,1,3,5-9,11-12H2. The number of hydrogen-bond acceptors (Lipinski definition) is 8. The number of β-amino-alcohol motifs (C(OH)–C–C–N with tert-alkyl or cyclic N) is 1. The number of fused-ring (bicyclic) bond motifs is 1. The Morgan fingerprint density at radius 2 is 2.07 bits per heavy atom. The van der Waals surface area contributed by atoms with Crippen LogP contribution >= 0.6 is 22.7 Å². The molecule has 2 aliphatic heterocycles. The van der Waals surface area contributed by atoms with Gasteiger partial charge in [-0.15, -0.1) is 22.7 Å². The normalized spacial score (nSPS) is 21.5. The zero-order valence-electron chi connectivity index (χ0n) is 15.7. The van der Waals surface area contributed by atoms with Crippen LogP contribution in [-0.2, 0) is 11.3 Å². The maximum Gasteiger partial charge on any atom is 0.146 e. The Morgan fingerprint density at radius 3 is 2.86 bits per heavy atom. The van der Waals surface area contributed by atoms with Crippen LogP contribution in [0.1, 0.15) is 18.7 Å². The van der Waals surface area contributed by atoms with E-state index in [1.807, 2.05) is 0 Å². The van der Waals surface area contributed by atoms with Crippen LogP contribution in [0.4, 0.5) is 5.82 Å². The lowest BCUT2D eigenvalue weighted by atomic mass is 10.1. The molecule has 1 N–H and O–H groups in total. The highest BCUT2D eigenvalue weighted by Gasteiger charge is 2.25. The predicted molar refractivity (Wildman–Crippen MR) is 114 cm³/mol. The average Bonchev–Trinajstić information content (AvgIpc) is 3.38. The molecule has 1 unspecified atom stereocenters. The minimum absolute atomic E-state index is 0.287. The first-order valence-electron chi connectivity index (χ1n) is 9.83. The molecule has 28 heavy (non-hydrogen) atoms. The maximum atomic E-state index is 10.2. The largest absolute Gasteiger partial charge is 0.391 e. The number of rotatable bonds is 4. The Morgan fingerprint density at radius 1 is 1.18 bits per heavy atom. The van der Waals surface area contributed by atoms with E-state index in [2.05, 4.69) is 32.7 Å². The fourth-order valence-corrected chi connectivity index (χ4v) is 5.76. The predicted octanol–water partition coefficient (Wildman–Crippen LogP) is 3.21. The molecule has 0 saturated carbocycles. The molecule has 2 aliphatic rings. The van der Waals surface area contributed by atoms with Gasteiger partial charge in [0, 0.05) is 42.0 Å². The first-order chi connectivity index (χ1) is 13.8. The van der Waals surface area contributed by atoms with Gasteiger partial charge in [-0.25, -0.2) is 9.97 Å². The summed E-state index contributed by atoms with van der Waals surface area (Å²) in [5, 5.41) is 15.7. The number of aliphatic hydroxyl groups is 1. The number of ether oxygens (including phenoxy) is 1. The summed E-state index contributed by atoms with van der Waals surface area (Å²) in [5.41, 5.74) is 1.21. The van der Waals surface area contributed by atoms with Crippen LogP contribution in [0.3, 0.4) is 0 Å². The van der Waals surface area contributed by atoms with Gasteiger partial charge in [0.15, 0.2) is 0 Å². The smallest absolute Gasteiger partial charge is 0.146 e. The Balaban J connectivity index is 1.58. The van der Waals surface area contributed by atoms with Gasteiger partial charge in [-0.3, -0.25) is 4.90 Å². The summed E-state index contributed by atoms with van der Waals surface area (Å²) in [4.78, 5) is 16.8. The van der Waals surface area contributed by atoms with Gasteiger partial charge in [0.2, 0.25) is 0 Å². The number of aliphatic hydroxyl groups excluding tert-OH is 1. The number of piperidine rings is 1. The first-order valence-corrected chi connectivity index (χ1v) is 11.6. The van der Waals surface area contributed by atoms with E-state index in [4.69, 9.17) is 14.7 Å². The fraction of sp³-hybridized carbons (Fsp3) is 0.500. The van der Waals surface area contributed by atoms with E-state index in [9.17, 15) is 5.11 Å². The van der Waals surface area contributed by atoms with Crippen molar-refractivity contribution in [1.29, 1.82) is 0 Å². The molecule has 2 saturated heterocycles. The second-order valence-electron chi connectivity index (χ2n) is 7.40. The monoisotopic (exact) mass is 416 g/mol. The lowest BCUT2D eigenvalue weighted by molar-refractivity contribution is 0.0331. The van der Waals surface area contributed by atoms with Gasteiger partial charge in [-0.1, -0.05) is 6.07 Å². The van der Waals surface area contributed by atoms with Gasteiger partial charge < -0.3 is 14.7 Å². The first kappa shape index (κ1) is 18.4. The van der Waals surface area contributed by atoms with E-state index in [0.29, 0.717) is 6.54 Å². The Labute approximate surface area is 172 Å². The van der Waals surface area contributed by atoms with Crippen molar-refractivity contribution >= 4 is 38.7 Å². The maximum absolute atomic E-state index is 10.2. The van der Waals surface area contributed by atoms with Gasteiger partial charge in [0.05, 0.1) is 31.2 Å². The molecule has 0 amide bonds. The highest BCUT2D eigenvalue weighted by molar-refractivity contribution is 7.18.